The fraction of sp³-hybridized carbons (Fsp3) is 0.857. The van der Waals surface area contributed by atoms with E-state index in [9.17, 15) is 4.79 Å². The van der Waals surface area contributed by atoms with Crippen molar-refractivity contribution in [1.29, 1.82) is 0 Å². The van der Waals surface area contributed by atoms with E-state index in [0.717, 1.165) is 19.5 Å². The molecule has 0 aromatic heterocycles. The fourth-order valence-electron chi connectivity index (χ4n) is 1.27. The molecule has 2 atom stereocenters. The van der Waals surface area contributed by atoms with E-state index in [0.29, 0.717) is 0 Å². The summed E-state index contributed by atoms with van der Waals surface area (Å²) in [7, 11) is 1.42. The number of nitrogens with one attached hydrogen (secondary N) is 1. The summed E-state index contributed by atoms with van der Waals surface area (Å²) in [5.74, 6) is -0.132. The average molecular weight is 175 g/mol. The molecule has 1 heterocycles. The molecule has 1 N–H and O–H groups in total. The maximum Gasteiger partial charge on any atom is 0.309 e. The zero-order valence-corrected chi connectivity index (χ0v) is 7.43. The Bertz CT molecular complexity index is 151. The molecule has 3 nitrogen and oxygen atoms in total. The number of carbonyl (C=O) groups excluding carboxylic acids is 1. The van der Waals surface area contributed by atoms with Crippen LogP contribution in [0, 0.1) is 5.92 Å². The number of ether oxygens (including phenoxy) is 1. The van der Waals surface area contributed by atoms with Gasteiger partial charge in [-0.1, -0.05) is 0 Å². The van der Waals surface area contributed by atoms with Crippen LogP contribution in [-0.2, 0) is 9.53 Å². The monoisotopic (exact) mass is 175 g/mol. The number of methoxy groups -OCH3 is 1. The molecule has 0 saturated carbocycles. The Balaban J connectivity index is 2.39. The van der Waals surface area contributed by atoms with Gasteiger partial charge in [-0.05, 0) is 6.42 Å². The van der Waals surface area contributed by atoms with Crippen LogP contribution >= 0.6 is 12.6 Å². The van der Waals surface area contributed by atoms with Crippen LogP contribution in [0.4, 0.5) is 0 Å². The summed E-state index contributed by atoms with van der Waals surface area (Å²) in [5, 5.41) is 3.41. The third-order valence-corrected chi connectivity index (χ3v) is 2.26. The molecule has 0 aliphatic carbocycles. The zero-order chi connectivity index (χ0) is 8.27. The second-order valence-corrected chi connectivity index (χ2v) is 3.50. The molecular weight excluding hydrogens is 162 g/mol. The van der Waals surface area contributed by atoms with Gasteiger partial charge in [0.25, 0.3) is 0 Å². The molecular formula is C7H13NO2S. The van der Waals surface area contributed by atoms with Crippen molar-refractivity contribution >= 4 is 18.6 Å². The van der Waals surface area contributed by atoms with Gasteiger partial charge in [-0.25, -0.2) is 0 Å². The molecule has 0 bridgehead atoms. The molecule has 0 aromatic carbocycles. The van der Waals surface area contributed by atoms with Gasteiger partial charge in [0.2, 0.25) is 0 Å². The minimum atomic E-state index is -0.128. The minimum absolute atomic E-state index is 0.00347. The summed E-state index contributed by atoms with van der Waals surface area (Å²) >= 11 is 4.28. The first-order valence-electron chi connectivity index (χ1n) is 3.70. The van der Waals surface area contributed by atoms with Gasteiger partial charge in [0.05, 0.1) is 13.0 Å². The summed E-state index contributed by atoms with van der Waals surface area (Å²) in [6.45, 7) is 1.61. The maximum atomic E-state index is 11.0. The number of piperidine rings is 1. The summed E-state index contributed by atoms with van der Waals surface area (Å²) < 4.78 is 4.63. The van der Waals surface area contributed by atoms with Crippen molar-refractivity contribution in [3.05, 3.63) is 0 Å². The SMILES string of the molecule is COC(=O)[C@@H]1CNC[C@H](S)C1. The van der Waals surface area contributed by atoms with Crippen molar-refractivity contribution in [1.82, 2.24) is 5.32 Å². The molecule has 4 heteroatoms. The van der Waals surface area contributed by atoms with E-state index < -0.39 is 0 Å². The third kappa shape index (κ3) is 2.38. The average Bonchev–Trinajstić information content (AvgIpc) is 2.03. The lowest BCUT2D eigenvalue weighted by Crippen LogP contribution is -2.40. The zero-order valence-electron chi connectivity index (χ0n) is 6.54. The van der Waals surface area contributed by atoms with Crippen LogP contribution in [0.25, 0.3) is 0 Å². The third-order valence-electron chi connectivity index (χ3n) is 1.86. The molecule has 0 spiro atoms. The van der Waals surface area contributed by atoms with Crippen molar-refractivity contribution < 1.29 is 9.53 Å². The molecule has 64 valence electrons. The molecule has 11 heavy (non-hydrogen) atoms. The number of hydrogen-bond donors (Lipinski definition) is 2. The molecule has 1 saturated heterocycles. The van der Waals surface area contributed by atoms with Crippen molar-refractivity contribution in [3.63, 3.8) is 0 Å². The van der Waals surface area contributed by atoms with Gasteiger partial charge in [-0.2, -0.15) is 12.6 Å². The summed E-state index contributed by atoms with van der Waals surface area (Å²) in [6, 6.07) is 0. The van der Waals surface area contributed by atoms with E-state index in [1.54, 1.807) is 0 Å². The highest BCUT2D eigenvalue weighted by Gasteiger charge is 2.25. The molecule has 0 amide bonds. The minimum Gasteiger partial charge on any atom is -0.469 e. The van der Waals surface area contributed by atoms with Gasteiger partial charge in [-0.15, -0.1) is 0 Å². The van der Waals surface area contributed by atoms with Crippen LogP contribution in [-0.4, -0.2) is 31.4 Å². The first-order valence-corrected chi connectivity index (χ1v) is 4.22. The quantitative estimate of drug-likeness (QED) is 0.437. The van der Waals surface area contributed by atoms with Crippen molar-refractivity contribution in [3.8, 4) is 0 Å². The maximum absolute atomic E-state index is 11.0. The number of carbonyl (C=O) groups is 1. The van der Waals surface area contributed by atoms with Gasteiger partial charge in [0.1, 0.15) is 0 Å². The lowest BCUT2D eigenvalue weighted by molar-refractivity contribution is -0.145. The van der Waals surface area contributed by atoms with Crippen molar-refractivity contribution in [2.75, 3.05) is 20.2 Å². The van der Waals surface area contributed by atoms with E-state index in [1.165, 1.54) is 7.11 Å². The standard InChI is InChI=1S/C7H13NO2S/c1-10-7(9)5-2-6(11)4-8-3-5/h5-6,8,11H,2-4H2,1H3/t5-,6+/m0/s1. The van der Waals surface area contributed by atoms with Crippen LogP contribution in [0.5, 0.6) is 0 Å². The molecule has 1 aliphatic heterocycles. The molecule has 0 radical (unpaired) electrons. The van der Waals surface area contributed by atoms with Gasteiger partial charge in [0.15, 0.2) is 0 Å². The Morgan fingerprint density at radius 2 is 2.36 bits per heavy atom. The van der Waals surface area contributed by atoms with E-state index in [4.69, 9.17) is 0 Å². The number of esters is 1. The highest BCUT2D eigenvalue weighted by molar-refractivity contribution is 7.81. The predicted molar refractivity (Wildman–Crippen MR) is 45.8 cm³/mol. The van der Waals surface area contributed by atoms with E-state index in [2.05, 4.69) is 22.7 Å². The van der Waals surface area contributed by atoms with E-state index >= 15 is 0 Å². The highest BCUT2D eigenvalue weighted by Crippen LogP contribution is 2.15. The Morgan fingerprint density at radius 3 is 2.91 bits per heavy atom. The lowest BCUT2D eigenvalue weighted by Gasteiger charge is -2.24. The number of hydrogen-bond acceptors (Lipinski definition) is 4. The number of thiol groups is 1. The Hall–Kier alpha value is -0.220. The molecule has 0 aromatic rings. The van der Waals surface area contributed by atoms with Crippen LogP contribution < -0.4 is 5.32 Å². The second kappa shape index (κ2) is 3.97. The summed E-state index contributed by atoms with van der Waals surface area (Å²) in [5.41, 5.74) is 0. The molecule has 0 unspecified atom stereocenters. The van der Waals surface area contributed by atoms with Crippen LogP contribution in [0.3, 0.4) is 0 Å². The van der Waals surface area contributed by atoms with Gasteiger partial charge in [-0.3, -0.25) is 4.79 Å². The van der Waals surface area contributed by atoms with Crippen LogP contribution in [0.15, 0.2) is 0 Å². The van der Waals surface area contributed by atoms with Crippen molar-refractivity contribution in [2.24, 2.45) is 5.92 Å². The predicted octanol–water partition coefficient (Wildman–Crippen LogP) is 0.0673. The lowest BCUT2D eigenvalue weighted by atomic mass is 10.00. The fourth-order valence-corrected chi connectivity index (χ4v) is 1.65. The molecule has 1 rings (SSSR count). The van der Waals surface area contributed by atoms with Crippen LogP contribution in [0.2, 0.25) is 0 Å². The van der Waals surface area contributed by atoms with E-state index in [-0.39, 0.29) is 17.1 Å². The summed E-state index contributed by atoms with van der Waals surface area (Å²) in [6.07, 6.45) is 0.822. The highest BCUT2D eigenvalue weighted by atomic mass is 32.1. The van der Waals surface area contributed by atoms with Gasteiger partial charge >= 0.3 is 5.97 Å². The first-order chi connectivity index (χ1) is 5.24. The molecule has 1 fully saturated rings. The largest absolute Gasteiger partial charge is 0.469 e. The Kier molecular flexibility index (Phi) is 3.20. The Morgan fingerprint density at radius 1 is 1.64 bits per heavy atom. The summed E-state index contributed by atoms with van der Waals surface area (Å²) in [4.78, 5) is 11.0. The van der Waals surface area contributed by atoms with Gasteiger partial charge in [0, 0.05) is 18.3 Å². The topological polar surface area (TPSA) is 38.3 Å². The first kappa shape index (κ1) is 8.87. The second-order valence-electron chi connectivity index (χ2n) is 2.77. The van der Waals surface area contributed by atoms with Crippen LogP contribution in [0.1, 0.15) is 6.42 Å². The van der Waals surface area contributed by atoms with E-state index in [1.807, 2.05) is 0 Å². The smallest absolute Gasteiger partial charge is 0.309 e. The number of rotatable bonds is 1. The molecule has 1 aliphatic rings. The Labute approximate surface area is 71.9 Å². The normalized spacial score (nSPS) is 31.5. The van der Waals surface area contributed by atoms with Gasteiger partial charge < -0.3 is 10.1 Å². The van der Waals surface area contributed by atoms with Crippen molar-refractivity contribution in [2.45, 2.75) is 11.7 Å².